The first-order chi connectivity index (χ1) is 32.2. The largest absolute Gasteiger partial charge is 0.453 e. The van der Waals surface area contributed by atoms with Crippen LogP contribution in [-0.2, 0) is 41.4 Å². The molecule has 2 aliphatic heterocycles. The molecule has 3 aliphatic rings. The van der Waals surface area contributed by atoms with E-state index in [2.05, 4.69) is 61.7 Å². The fraction of sp³-hybridized carbons (Fsp3) is 0.510. The minimum Gasteiger partial charge on any atom is -0.453 e. The number of ether oxygens (including phenoxy) is 4. The lowest BCUT2D eigenvalue weighted by Crippen LogP contribution is -2.51. The zero-order chi connectivity index (χ0) is 47.7. The van der Waals surface area contributed by atoms with Crippen molar-refractivity contribution in [3.8, 4) is 22.4 Å². The number of carbonyl (C=O) groups excluding carboxylic acids is 4. The Morgan fingerprint density at radius 2 is 1.36 bits per heavy atom. The fourth-order valence-electron chi connectivity index (χ4n) is 10.3. The summed E-state index contributed by atoms with van der Waals surface area (Å²) < 4.78 is 46.0. The van der Waals surface area contributed by atoms with Crippen LogP contribution in [0, 0.1) is 23.7 Å². The molecule has 18 heteroatoms. The second-order valence-electron chi connectivity index (χ2n) is 18.7. The number of imidazole rings is 2. The van der Waals surface area contributed by atoms with Gasteiger partial charge in [0, 0.05) is 43.0 Å². The van der Waals surface area contributed by atoms with Crippen molar-refractivity contribution in [2.24, 2.45) is 23.7 Å². The molecule has 8 rings (SSSR count). The molecule has 6 atom stereocenters. The Bertz CT molecular complexity index is 2630. The number of H-pyrrole nitrogens is 2. The van der Waals surface area contributed by atoms with Gasteiger partial charge in [-0.1, -0.05) is 58.0 Å². The van der Waals surface area contributed by atoms with Crippen molar-refractivity contribution in [1.29, 1.82) is 0 Å². The molecule has 2 fully saturated rings. The van der Waals surface area contributed by atoms with Gasteiger partial charge in [-0.05, 0) is 83.7 Å². The Balaban J connectivity index is 1.07. The van der Waals surface area contributed by atoms with Crippen molar-refractivity contribution in [3.63, 3.8) is 0 Å². The molecule has 3 aromatic carbocycles. The maximum atomic E-state index is 14.1. The predicted octanol–water partition coefficient (Wildman–Crippen LogP) is 7.69. The lowest BCUT2D eigenvalue weighted by Gasteiger charge is -2.30. The highest BCUT2D eigenvalue weighted by Crippen LogP contribution is 2.42. The highest BCUT2D eigenvalue weighted by Gasteiger charge is 2.43. The number of carbonyl (C=O) groups is 4. The molecule has 0 bridgehead atoms. The van der Waals surface area contributed by atoms with Crippen molar-refractivity contribution in [3.05, 3.63) is 71.4 Å². The standard InChI is InChI=1S/C49H60F2N8O8/c1-25(2)40(56-48(62)65-6)45(60)58-22-28(24-67-47(50)51)18-38(58)43-52-20-37(54-43)35-15-14-31(33-9-8-10-34(33)35)29-11-13-32-30(19-29)12-16-36-42(32)55-44(53-36)39-17-27(23-64-5)21-59(39)46(61)41(26(3)4)57-49(63)66-7/h11-16,19-20,25-28,38-41,47H,8-10,17-18,21-24H2,1-7H3,(H,52,54)(H,53,55)(H,56,62)(H,57,63)/t27-,28-,38-,39-,40-,41-/m0/s1. The quantitative estimate of drug-likeness (QED) is 0.0809. The van der Waals surface area contributed by atoms with Crippen molar-refractivity contribution >= 4 is 45.8 Å². The van der Waals surface area contributed by atoms with Crippen molar-refractivity contribution in [1.82, 2.24) is 40.4 Å². The molecule has 4 N–H and O–H groups in total. The number of aromatic amines is 2. The minimum atomic E-state index is -2.94. The molecule has 0 saturated carbocycles. The summed E-state index contributed by atoms with van der Waals surface area (Å²) in [7, 11) is 4.16. The molecule has 2 saturated heterocycles. The molecule has 5 aromatic rings. The van der Waals surface area contributed by atoms with E-state index in [1.54, 1.807) is 23.1 Å². The van der Waals surface area contributed by atoms with E-state index in [1.807, 2.05) is 33.8 Å². The number of methoxy groups -OCH3 is 3. The Morgan fingerprint density at radius 1 is 0.761 bits per heavy atom. The molecule has 0 unspecified atom stereocenters. The normalized spacial score (nSPS) is 20.3. The van der Waals surface area contributed by atoms with Crippen molar-refractivity contribution in [2.75, 3.05) is 47.6 Å². The van der Waals surface area contributed by atoms with E-state index in [9.17, 15) is 28.0 Å². The van der Waals surface area contributed by atoms with Crippen LogP contribution in [0.2, 0.25) is 0 Å². The molecule has 1 aliphatic carbocycles. The van der Waals surface area contributed by atoms with E-state index in [1.165, 1.54) is 25.3 Å². The summed E-state index contributed by atoms with van der Waals surface area (Å²) in [6.07, 6.45) is 4.12. The SMILES string of the molecule is COC[C@H]1C[C@@H](c2nc3c(ccc4cc(-c5ccc(-c6cnc([C@@H]7C[C@H](COC(F)F)CN7C(=O)[C@@H](NC(=O)OC)C(C)C)[nH]6)c6c5CCC6)ccc43)[nH]2)N(C(=O)[C@@H](NC(=O)OC)C(C)C)C1. The Hall–Kier alpha value is -6.14. The number of hydrogen-bond donors (Lipinski definition) is 4. The number of hydrogen-bond acceptors (Lipinski definition) is 10. The van der Waals surface area contributed by atoms with E-state index < -0.39 is 36.9 Å². The summed E-state index contributed by atoms with van der Waals surface area (Å²) in [5.74, 6) is -0.0798. The molecular weight excluding hydrogens is 867 g/mol. The summed E-state index contributed by atoms with van der Waals surface area (Å²) in [4.78, 5) is 72.9. The van der Waals surface area contributed by atoms with Gasteiger partial charge in [-0.2, -0.15) is 8.78 Å². The smallest absolute Gasteiger partial charge is 0.407 e. The van der Waals surface area contributed by atoms with Crippen LogP contribution in [0.5, 0.6) is 0 Å². The highest BCUT2D eigenvalue weighted by atomic mass is 19.3. The monoisotopic (exact) mass is 926 g/mol. The molecule has 0 radical (unpaired) electrons. The van der Waals surface area contributed by atoms with Gasteiger partial charge in [0.25, 0.3) is 0 Å². The Morgan fingerprint density at radius 3 is 1.96 bits per heavy atom. The zero-order valence-electron chi connectivity index (χ0n) is 39.0. The number of likely N-dealkylation sites (tertiary alicyclic amines) is 2. The van der Waals surface area contributed by atoms with Gasteiger partial charge < -0.3 is 49.3 Å². The van der Waals surface area contributed by atoms with Gasteiger partial charge >= 0.3 is 18.8 Å². The number of alkyl carbamates (subject to hydrolysis) is 2. The number of fused-ring (bicyclic) bond motifs is 4. The molecule has 16 nitrogen and oxygen atoms in total. The maximum Gasteiger partial charge on any atom is 0.407 e. The van der Waals surface area contributed by atoms with Gasteiger partial charge in [-0.15, -0.1) is 0 Å². The van der Waals surface area contributed by atoms with Crippen LogP contribution < -0.4 is 10.6 Å². The van der Waals surface area contributed by atoms with Crippen LogP contribution in [0.4, 0.5) is 18.4 Å². The molecule has 67 heavy (non-hydrogen) atoms. The summed E-state index contributed by atoms with van der Waals surface area (Å²) in [6, 6.07) is 12.2. The first-order valence-corrected chi connectivity index (χ1v) is 23.0. The van der Waals surface area contributed by atoms with Crippen LogP contribution in [-0.4, -0.2) is 120 Å². The topological polar surface area (TPSA) is 193 Å². The molecule has 4 heterocycles. The number of amides is 4. The summed E-state index contributed by atoms with van der Waals surface area (Å²) >= 11 is 0. The number of halogens is 2. The summed E-state index contributed by atoms with van der Waals surface area (Å²) in [6.45, 7) is 5.36. The third-order valence-corrected chi connectivity index (χ3v) is 13.6. The van der Waals surface area contributed by atoms with E-state index in [-0.39, 0.29) is 54.7 Å². The van der Waals surface area contributed by atoms with E-state index in [0.29, 0.717) is 37.6 Å². The lowest BCUT2D eigenvalue weighted by atomic mass is 9.91. The van der Waals surface area contributed by atoms with Crippen LogP contribution in [0.3, 0.4) is 0 Å². The van der Waals surface area contributed by atoms with Gasteiger partial charge in [0.2, 0.25) is 11.8 Å². The molecule has 0 spiro atoms. The van der Waals surface area contributed by atoms with E-state index >= 15 is 0 Å². The lowest BCUT2D eigenvalue weighted by molar-refractivity contribution is -0.139. The number of rotatable bonds is 15. The second-order valence-corrected chi connectivity index (χ2v) is 18.7. The molecule has 358 valence electrons. The highest BCUT2D eigenvalue weighted by molar-refractivity contribution is 6.05. The Labute approximate surface area is 387 Å². The van der Waals surface area contributed by atoms with E-state index in [0.717, 1.165) is 63.5 Å². The first kappa shape index (κ1) is 47.4. The maximum absolute atomic E-state index is 14.1. The first-order valence-electron chi connectivity index (χ1n) is 23.0. The van der Waals surface area contributed by atoms with E-state index in [4.69, 9.17) is 24.2 Å². The predicted molar refractivity (Wildman–Crippen MR) is 246 cm³/mol. The van der Waals surface area contributed by atoms with Gasteiger partial charge in [-0.25, -0.2) is 19.6 Å². The van der Waals surface area contributed by atoms with Gasteiger partial charge in [-0.3, -0.25) is 9.59 Å². The summed E-state index contributed by atoms with van der Waals surface area (Å²) in [5.41, 5.74) is 8.14. The fourth-order valence-corrected chi connectivity index (χ4v) is 10.3. The molecular formula is C49H60F2N8O8. The summed E-state index contributed by atoms with van der Waals surface area (Å²) in [5, 5.41) is 7.36. The van der Waals surface area contributed by atoms with Crippen LogP contribution in [0.15, 0.2) is 48.7 Å². The third-order valence-electron chi connectivity index (χ3n) is 13.6. The van der Waals surface area contributed by atoms with Gasteiger partial charge in [0.05, 0.1) is 62.4 Å². The van der Waals surface area contributed by atoms with Crippen molar-refractivity contribution < 1.29 is 46.9 Å². The molecule has 2 aromatic heterocycles. The molecule has 4 amide bonds. The number of aromatic nitrogens is 4. The van der Waals surface area contributed by atoms with Crippen LogP contribution >= 0.6 is 0 Å². The Kier molecular flexibility index (Phi) is 14.1. The number of nitrogens with zero attached hydrogens (tertiary/aromatic N) is 4. The van der Waals surface area contributed by atoms with Crippen LogP contribution in [0.25, 0.3) is 44.2 Å². The second kappa shape index (κ2) is 20.0. The minimum absolute atomic E-state index is 0.0882. The number of nitrogens with one attached hydrogen (secondary N) is 4. The van der Waals surface area contributed by atoms with Gasteiger partial charge in [0.1, 0.15) is 23.7 Å². The average Bonchev–Trinajstić information content (AvgIpc) is 4.17. The van der Waals surface area contributed by atoms with Gasteiger partial charge in [0.15, 0.2) is 0 Å². The van der Waals surface area contributed by atoms with Crippen LogP contribution in [0.1, 0.15) is 81.8 Å². The average molecular weight is 927 g/mol. The number of alkyl halides is 2. The zero-order valence-corrected chi connectivity index (χ0v) is 39.0. The third kappa shape index (κ3) is 9.68. The number of benzene rings is 3. The van der Waals surface area contributed by atoms with Crippen molar-refractivity contribution in [2.45, 2.75) is 90.6 Å².